The highest BCUT2D eigenvalue weighted by Gasteiger charge is 2.27. The van der Waals surface area contributed by atoms with Gasteiger partial charge in [-0.15, -0.1) is 0 Å². The van der Waals surface area contributed by atoms with Crippen LogP contribution in [0.1, 0.15) is 35.7 Å². The monoisotopic (exact) mass is 224 g/mol. The summed E-state index contributed by atoms with van der Waals surface area (Å²) in [5.41, 5.74) is 0.822. The average molecular weight is 224 g/mol. The Balaban J connectivity index is 2.17. The van der Waals surface area contributed by atoms with Gasteiger partial charge in [-0.3, -0.25) is 4.90 Å². The molecule has 2 heterocycles. The van der Waals surface area contributed by atoms with Gasteiger partial charge in [0.05, 0.1) is 0 Å². The minimum atomic E-state index is -1.00. The second-order valence-electron chi connectivity index (χ2n) is 4.62. The molecule has 2 rings (SSSR count). The zero-order valence-corrected chi connectivity index (χ0v) is 9.56. The predicted octanol–water partition coefficient (Wildman–Crippen LogP) is 1.39. The molecular formula is C11H16N2O3. The number of hydrogen-bond donors (Lipinski definition) is 1. The van der Waals surface area contributed by atoms with Crippen molar-refractivity contribution < 1.29 is 14.4 Å². The van der Waals surface area contributed by atoms with Crippen LogP contribution in [-0.4, -0.2) is 34.2 Å². The van der Waals surface area contributed by atoms with Gasteiger partial charge in [-0.2, -0.15) is 0 Å². The minimum Gasteiger partial charge on any atom is -0.476 e. The van der Waals surface area contributed by atoms with Gasteiger partial charge in [-0.05, 0) is 5.92 Å². The molecule has 1 aromatic heterocycles. The predicted molar refractivity (Wildman–Crippen MR) is 57.3 cm³/mol. The molecule has 5 heteroatoms. The first-order chi connectivity index (χ1) is 7.58. The van der Waals surface area contributed by atoms with Gasteiger partial charge in [0, 0.05) is 31.6 Å². The first-order valence-electron chi connectivity index (χ1n) is 5.51. The second kappa shape index (κ2) is 4.25. The molecule has 1 aromatic rings. The van der Waals surface area contributed by atoms with E-state index in [1.807, 2.05) is 0 Å². The van der Waals surface area contributed by atoms with Crippen LogP contribution < -0.4 is 0 Å². The van der Waals surface area contributed by atoms with Gasteiger partial charge >= 0.3 is 5.97 Å². The largest absolute Gasteiger partial charge is 0.476 e. The zero-order valence-electron chi connectivity index (χ0n) is 9.56. The molecule has 1 N–H and O–H groups in total. The van der Waals surface area contributed by atoms with Crippen molar-refractivity contribution in [2.75, 3.05) is 13.1 Å². The van der Waals surface area contributed by atoms with Crippen molar-refractivity contribution in [3.05, 3.63) is 17.0 Å². The number of nitrogens with zero attached hydrogens (tertiary/aromatic N) is 2. The highest BCUT2D eigenvalue weighted by Crippen LogP contribution is 2.22. The molecule has 0 saturated heterocycles. The number of carboxylic acid groups (broad SMARTS) is 1. The quantitative estimate of drug-likeness (QED) is 0.840. The lowest BCUT2D eigenvalue weighted by Gasteiger charge is -2.27. The van der Waals surface area contributed by atoms with Crippen LogP contribution in [0.2, 0.25) is 0 Å². The van der Waals surface area contributed by atoms with E-state index in [4.69, 9.17) is 9.63 Å². The molecule has 0 aliphatic carbocycles. The van der Waals surface area contributed by atoms with Crippen LogP contribution in [0.3, 0.4) is 0 Å². The van der Waals surface area contributed by atoms with Crippen molar-refractivity contribution in [3.63, 3.8) is 0 Å². The standard InChI is InChI=1S/C11H16N2O3/c1-7(2)5-13-4-3-9-8(6-13)10(11(14)15)12-16-9/h7H,3-6H2,1-2H3,(H,14,15). The van der Waals surface area contributed by atoms with Crippen molar-refractivity contribution in [3.8, 4) is 0 Å². The number of fused-ring (bicyclic) bond motifs is 1. The molecule has 0 bridgehead atoms. The molecule has 1 aliphatic heterocycles. The van der Waals surface area contributed by atoms with Crippen molar-refractivity contribution in [2.45, 2.75) is 26.8 Å². The van der Waals surface area contributed by atoms with Gasteiger partial charge in [0.25, 0.3) is 0 Å². The van der Waals surface area contributed by atoms with E-state index < -0.39 is 5.97 Å². The van der Waals surface area contributed by atoms with Crippen LogP contribution in [0.15, 0.2) is 4.52 Å². The van der Waals surface area contributed by atoms with Crippen LogP contribution in [-0.2, 0) is 13.0 Å². The lowest BCUT2D eigenvalue weighted by atomic mass is 10.0. The first kappa shape index (κ1) is 11.1. The zero-order chi connectivity index (χ0) is 11.7. The summed E-state index contributed by atoms with van der Waals surface area (Å²) < 4.78 is 5.04. The summed E-state index contributed by atoms with van der Waals surface area (Å²) in [5.74, 6) is 0.309. The molecule has 5 nitrogen and oxygen atoms in total. The Morgan fingerprint density at radius 1 is 1.62 bits per heavy atom. The van der Waals surface area contributed by atoms with Crippen molar-refractivity contribution in [2.24, 2.45) is 5.92 Å². The molecule has 0 saturated carbocycles. The lowest BCUT2D eigenvalue weighted by molar-refractivity contribution is 0.0683. The molecule has 88 valence electrons. The summed E-state index contributed by atoms with van der Waals surface area (Å²) >= 11 is 0. The van der Waals surface area contributed by atoms with E-state index in [0.29, 0.717) is 12.5 Å². The summed E-state index contributed by atoms with van der Waals surface area (Å²) in [6.45, 7) is 6.84. The third-order valence-corrected chi connectivity index (χ3v) is 2.73. The van der Waals surface area contributed by atoms with Crippen LogP contribution in [0.25, 0.3) is 0 Å². The normalized spacial score (nSPS) is 16.4. The molecule has 0 radical (unpaired) electrons. The first-order valence-corrected chi connectivity index (χ1v) is 5.51. The topological polar surface area (TPSA) is 66.6 Å². The van der Waals surface area contributed by atoms with Gasteiger partial charge < -0.3 is 9.63 Å². The number of aromatic nitrogens is 1. The average Bonchev–Trinajstić information content (AvgIpc) is 2.59. The number of carbonyl (C=O) groups is 1. The second-order valence-corrected chi connectivity index (χ2v) is 4.62. The van der Waals surface area contributed by atoms with Gasteiger partial charge in [-0.1, -0.05) is 19.0 Å². The van der Waals surface area contributed by atoms with E-state index in [1.165, 1.54) is 0 Å². The fourth-order valence-electron chi connectivity index (χ4n) is 2.11. The van der Waals surface area contributed by atoms with Crippen LogP contribution in [0.5, 0.6) is 0 Å². The maximum Gasteiger partial charge on any atom is 0.358 e. The maximum atomic E-state index is 10.9. The van der Waals surface area contributed by atoms with Gasteiger partial charge in [-0.25, -0.2) is 4.79 Å². The molecule has 16 heavy (non-hydrogen) atoms. The maximum absolute atomic E-state index is 10.9. The molecule has 0 fully saturated rings. The van der Waals surface area contributed by atoms with E-state index in [2.05, 4.69) is 23.9 Å². The lowest BCUT2D eigenvalue weighted by Crippen LogP contribution is -2.33. The molecule has 1 aliphatic rings. The van der Waals surface area contributed by atoms with Gasteiger partial charge in [0.15, 0.2) is 5.69 Å². The Labute approximate surface area is 94.0 Å². The summed E-state index contributed by atoms with van der Waals surface area (Å²) in [6.07, 6.45) is 0.752. The fourth-order valence-corrected chi connectivity index (χ4v) is 2.11. The third-order valence-electron chi connectivity index (χ3n) is 2.73. The summed E-state index contributed by atoms with van der Waals surface area (Å²) in [5, 5.41) is 12.6. The highest BCUT2D eigenvalue weighted by molar-refractivity contribution is 5.87. The molecule has 0 atom stereocenters. The Bertz CT molecular complexity index is 398. The van der Waals surface area contributed by atoms with E-state index in [9.17, 15) is 4.79 Å². The Kier molecular flexibility index (Phi) is 2.96. The Morgan fingerprint density at radius 2 is 2.38 bits per heavy atom. The van der Waals surface area contributed by atoms with E-state index >= 15 is 0 Å². The molecule has 0 amide bonds. The molecule has 0 aromatic carbocycles. The Hall–Kier alpha value is -1.36. The summed E-state index contributed by atoms with van der Waals surface area (Å²) in [7, 11) is 0. The van der Waals surface area contributed by atoms with Gasteiger partial charge in [0.2, 0.25) is 0 Å². The van der Waals surface area contributed by atoms with Crippen molar-refractivity contribution in [1.82, 2.24) is 10.1 Å². The molecular weight excluding hydrogens is 208 g/mol. The SMILES string of the molecule is CC(C)CN1CCc2onc(C(=O)O)c2C1. The van der Waals surface area contributed by atoms with Crippen molar-refractivity contribution in [1.29, 1.82) is 0 Å². The van der Waals surface area contributed by atoms with E-state index in [0.717, 1.165) is 30.8 Å². The van der Waals surface area contributed by atoms with Crippen LogP contribution in [0, 0.1) is 5.92 Å². The van der Waals surface area contributed by atoms with Gasteiger partial charge in [0.1, 0.15) is 5.76 Å². The number of aromatic carboxylic acids is 1. The number of rotatable bonds is 3. The van der Waals surface area contributed by atoms with Crippen LogP contribution in [0.4, 0.5) is 0 Å². The summed E-state index contributed by atoms with van der Waals surface area (Å²) in [4.78, 5) is 13.2. The molecule has 0 spiro atoms. The number of carboxylic acids is 1. The highest BCUT2D eigenvalue weighted by atomic mass is 16.5. The fraction of sp³-hybridized carbons (Fsp3) is 0.636. The minimum absolute atomic E-state index is 0.0726. The van der Waals surface area contributed by atoms with Crippen LogP contribution >= 0.6 is 0 Å². The summed E-state index contributed by atoms with van der Waals surface area (Å²) in [6, 6.07) is 0. The van der Waals surface area contributed by atoms with E-state index in [-0.39, 0.29) is 5.69 Å². The molecule has 0 unspecified atom stereocenters. The van der Waals surface area contributed by atoms with Crippen molar-refractivity contribution >= 4 is 5.97 Å². The smallest absolute Gasteiger partial charge is 0.358 e. The number of hydrogen-bond acceptors (Lipinski definition) is 4. The third kappa shape index (κ3) is 2.09. The Morgan fingerprint density at radius 3 is 3.00 bits per heavy atom. The van der Waals surface area contributed by atoms with E-state index in [1.54, 1.807) is 0 Å².